The van der Waals surface area contributed by atoms with Crippen LogP contribution in [0.3, 0.4) is 0 Å². The van der Waals surface area contributed by atoms with Gasteiger partial charge in [-0.05, 0) is 181 Å². The summed E-state index contributed by atoms with van der Waals surface area (Å²) in [7, 11) is 0. The largest absolute Gasteiger partial charge is 0.456 e. The van der Waals surface area contributed by atoms with Crippen LogP contribution in [-0.2, 0) is 0 Å². The number of hydrogen-bond acceptors (Lipinski definition) is 16. The Bertz CT molecular complexity index is 9410. The Labute approximate surface area is 816 Å². The Kier molecular flexibility index (Phi) is 21.4. The lowest BCUT2D eigenvalue weighted by Gasteiger charge is -2.07. The fraction of sp³-hybridized carbons (Fsp3) is 0. The lowest BCUT2D eigenvalue weighted by atomic mass is 9.96. The first kappa shape index (κ1) is 79.2. The number of nitrogens with zero attached hydrogens (tertiary/aromatic N) is 12. The third-order valence-electron chi connectivity index (χ3n) is 23.8. The topological polar surface area (TPSA) is 207 Å². The van der Waals surface area contributed by atoms with Gasteiger partial charge in [-0.15, -0.1) is 0 Å². The predicted molar refractivity (Wildman–Crippen MR) is 557 cm³/mol. The quantitative estimate of drug-likeness (QED) is 0.105. The monoisotopic (exact) mass is 1860 g/mol. The van der Waals surface area contributed by atoms with Gasteiger partial charge in [-0.3, -0.25) is 0 Å². The van der Waals surface area contributed by atoms with E-state index in [4.69, 9.17) is 75.9 Å². The third kappa shape index (κ3) is 17.3. The molecule has 654 valence electrons. The number of hydrogen-bond donors (Lipinski definition) is 0. The van der Waals surface area contributed by atoms with E-state index in [-0.39, 0.29) is 50.9 Å². The molecule has 0 N–H and O–H groups in total. The van der Waals surface area contributed by atoms with Crippen molar-refractivity contribution >= 4 is 145 Å². The Morgan fingerprint density at radius 3 is 0.812 bits per heavy atom. The minimum absolute atomic E-state index is 0.0804. The van der Waals surface area contributed by atoms with Crippen molar-refractivity contribution in [2.24, 2.45) is 0 Å². The molecule has 0 bridgehead atoms. The molecule has 18 aromatic carbocycles. The minimum atomic E-state index is -0.426. The van der Waals surface area contributed by atoms with Gasteiger partial charge in [0.05, 0.1) is 6.85 Å². The summed E-state index contributed by atoms with van der Waals surface area (Å²) < 4.78 is 65.6. The molecule has 0 saturated carbocycles. The molecule has 0 amide bonds. The molecule has 16 nitrogen and oxygen atoms in total. The number of benzene rings is 18. The van der Waals surface area contributed by atoms with Gasteiger partial charge in [0.25, 0.3) is 0 Å². The first-order valence-corrected chi connectivity index (χ1v) is 45.5. The zero-order chi connectivity index (χ0) is 96.9. The van der Waals surface area contributed by atoms with Crippen LogP contribution in [0, 0.1) is 0 Å². The highest BCUT2D eigenvalue weighted by atomic mass is 35.5. The maximum atomic E-state index is 8.28. The van der Waals surface area contributed by atoms with E-state index < -0.39 is 6.04 Å². The molecule has 138 heavy (non-hydrogen) atoms. The fourth-order valence-electron chi connectivity index (χ4n) is 17.2. The highest BCUT2D eigenvalue weighted by molar-refractivity contribution is 6.29. The molecule has 0 saturated heterocycles. The first-order chi connectivity index (χ1) is 70.0. The smallest absolute Gasteiger partial charge is 0.226 e. The molecule has 0 unspecified atom stereocenters. The van der Waals surface area contributed by atoms with E-state index in [9.17, 15) is 0 Å². The molecular formula is C118H70Cl4N12O4. The van der Waals surface area contributed by atoms with Crippen LogP contribution >= 0.6 is 46.4 Å². The van der Waals surface area contributed by atoms with E-state index in [0.717, 1.165) is 149 Å². The van der Waals surface area contributed by atoms with Crippen LogP contribution < -0.4 is 0 Å². The summed E-state index contributed by atoms with van der Waals surface area (Å²) >= 11 is 25.0. The molecule has 26 rings (SSSR count). The van der Waals surface area contributed by atoms with Gasteiger partial charge in [-0.1, -0.05) is 346 Å². The van der Waals surface area contributed by atoms with Gasteiger partial charge in [-0.2, -0.15) is 39.9 Å². The van der Waals surface area contributed by atoms with Crippen molar-refractivity contribution in [3.05, 3.63) is 446 Å². The van der Waals surface area contributed by atoms with Crippen molar-refractivity contribution < 1.29 is 24.5 Å². The second kappa shape index (κ2) is 37.2. The average molecular weight is 1870 g/mol. The Hall–Kier alpha value is -17.4. The van der Waals surface area contributed by atoms with Crippen molar-refractivity contribution in [3.8, 4) is 147 Å². The standard InChI is InChI=1S/C33H20ClN3O.C31H18ClN3O.2C27H16ClN3O/c34-33-36-31(22-11-5-2-6-12-22)35-32(37-33)25-17-18-27-28-16-8-15-26(30(28)38-29(27)20-25)24-14-7-13-23(19-24)21-9-3-1-4-10-21;32-31-34-29(20-9-2-1-3-10-20)33-30(35-31)21-16-17-24-26-15-7-14-25(28(26)36-27(24)18-21)23-13-6-11-19-8-4-5-12-22(19)23;2*28-27-30-25(18-9-5-2-6-10-18)29-26(31-27)20-12-14-22-21-13-11-19(17-7-3-1-4-8-17)15-23(21)32-24(22)16-20/h1-20H;1-18H;2*1-16H/i;;1D,3D,4D,7D,8D;. The van der Waals surface area contributed by atoms with Crippen LogP contribution in [0.1, 0.15) is 6.85 Å². The Balaban J connectivity index is 0.000000106. The van der Waals surface area contributed by atoms with Gasteiger partial charge in [0.2, 0.25) is 21.1 Å². The predicted octanol–water partition coefficient (Wildman–Crippen LogP) is 32.5. The summed E-state index contributed by atoms with van der Waals surface area (Å²) in [4.78, 5) is 53.2. The van der Waals surface area contributed by atoms with Crippen LogP contribution in [0.2, 0.25) is 21.1 Å². The normalized spacial score (nSPS) is 11.8. The summed E-state index contributed by atoms with van der Waals surface area (Å²) in [5.74, 6) is 3.99. The second-order valence-electron chi connectivity index (χ2n) is 32.3. The molecule has 0 aliphatic rings. The minimum Gasteiger partial charge on any atom is -0.456 e. The zero-order valence-electron chi connectivity index (χ0n) is 77.5. The third-order valence-corrected chi connectivity index (χ3v) is 24.5. The van der Waals surface area contributed by atoms with Crippen molar-refractivity contribution in [3.63, 3.8) is 0 Å². The Morgan fingerprint density at radius 2 is 0.420 bits per heavy atom. The molecule has 0 radical (unpaired) electrons. The molecule has 0 aliphatic carbocycles. The molecule has 20 heteroatoms. The summed E-state index contributed by atoms with van der Waals surface area (Å²) in [6, 6.07) is 129. The number of fused-ring (bicyclic) bond motifs is 13. The van der Waals surface area contributed by atoms with Crippen LogP contribution in [0.25, 0.3) is 245 Å². The van der Waals surface area contributed by atoms with Crippen LogP contribution in [0.5, 0.6) is 0 Å². The van der Waals surface area contributed by atoms with Gasteiger partial charge in [0.1, 0.15) is 44.7 Å². The van der Waals surface area contributed by atoms with Crippen molar-refractivity contribution in [2.75, 3.05) is 0 Å². The lowest BCUT2D eigenvalue weighted by Crippen LogP contribution is -1.97. The molecule has 0 fully saturated rings. The summed E-state index contributed by atoms with van der Waals surface area (Å²) in [6.45, 7) is 0. The maximum absolute atomic E-state index is 8.28. The zero-order valence-corrected chi connectivity index (χ0v) is 75.6. The van der Waals surface area contributed by atoms with Crippen molar-refractivity contribution in [2.45, 2.75) is 0 Å². The van der Waals surface area contributed by atoms with E-state index in [1.165, 1.54) is 21.9 Å². The number of halogens is 4. The summed E-state index contributed by atoms with van der Waals surface area (Å²) in [5.41, 5.74) is 22.2. The van der Waals surface area contributed by atoms with Crippen molar-refractivity contribution in [1.29, 1.82) is 0 Å². The average Bonchev–Trinajstić information content (AvgIpc) is 1.59. The van der Waals surface area contributed by atoms with Gasteiger partial charge < -0.3 is 17.7 Å². The van der Waals surface area contributed by atoms with E-state index >= 15 is 0 Å². The molecule has 0 aliphatic heterocycles. The fourth-order valence-corrected chi connectivity index (χ4v) is 17.9. The summed E-state index contributed by atoms with van der Waals surface area (Å²) in [6.07, 6.45) is 0. The van der Waals surface area contributed by atoms with Crippen LogP contribution in [0.15, 0.2) is 442 Å². The molecule has 8 aromatic heterocycles. The number of furan rings is 4. The molecule has 0 spiro atoms. The van der Waals surface area contributed by atoms with Gasteiger partial charge in [0, 0.05) is 98.7 Å². The SMILES string of the molecule is Clc1nc(-c2ccccc2)nc(-c2ccc3c(c2)oc2c(-c4cccc(-c5ccccc5)c4)cccc23)n1.Clc1nc(-c2ccccc2)nc(-c2ccc3c(c2)oc2c(-c4cccc5ccccc45)cccc23)n1.Clc1nc(-c2ccccc2)nc(-c2ccc3c(c2)oc2cc(-c4ccccc4)ccc23)n1.[2H]c1c([2H])c([2H])c(-c2ccc3c(c2)oc2cc(-c4nc(Cl)nc(-c5ccccc5)n4)ccc23)c([2H])c1[2H]. The van der Waals surface area contributed by atoms with E-state index in [2.05, 4.69) is 225 Å². The number of rotatable bonds is 13. The highest BCUT2D eigenvalue weighted by Gasteiger charge is 2.23. The van der Waals surface area contributed by atoms with Crippen LogP contribution in [-0.4, -0.2) is 59.8 Å². The summed E-state index contributed by atoms with van der Waals surface area (Å²) in [5, 5.41) is 11.0. The highest BCUT2D eigenvalue weighted by Crippen LogP contribution is 2.44. The van der Waals surface area contributed by atoms with E-state index in [1.54, 1.807) is 12.1 Å². The number of para-hydroxylation sites is 2. The van der Waals surface area contributed by atoms with Gasteiger partial charge in [0.15, 0.2) is 46.6 Å². The lowest BCUT2D eigenvalue weighted by molar-refractivity contribution is 0.669. The Morgan fingerprint density at radius 1 is 0.167 bits per heavy atom. The van der Waals surface area contributed by atoms with Crippen molar-refractivity contribution in [1.82, 2.24) is 59.8 Å². The molecular weight excluding hydrogens is 1790 g/mol. The second-order valence-corrected chi connectivity index (χ2v) is 33.7. The molecule has 0 atom stereocenters. The van der Waals surface area contributed by atoms with Gasteiger partial charge in [-0.25, -0.2) is 19.9 Å². The maximum Gasteiger partial charge on any atom is 0.226 e. The van der Waals surface area contributed by atoms with Crippen LogP contribution in [0.4, 0.5) is 0 Å². The van der Waals surface area contributed by atoms with E-state index in [0.29, 0.717) is 68.9 Å². The number of aromatic nitrogens is 12. The molecule has 8 heterocycles. The first-order valence-electron chi connectivity index (χ1n) is 46.5. The van der Waals surface area contributed by atoms with Gasteiger partial charge >= 0.3 is 0 Å². The molecule has 26 aromatic rings. The van der Waals surface area contributed by atoms with E-state index in [1.807, 2.05) is 212 Å².